The zero-order chi connectivity index (χ0) is 16.7. The number of amidine groups is 1. The van der Waals surface area contributed by atoms with Crippen molar-refractivity contribution in [1.29, 1.82) is 0 Å². The minimum absolute atomic E-state index is 0.107. The third-order valence-corrected chi connectivity index (χ3v) is 5.63. The van der Waals surface area contributed by atoms with Crippen molar-refractivity contribution in [1.82, 2.24) is 4.90 Å². The fraction of sp³-hybridized carbons (Fsp3) is 0.158. The first-order valence-electron chi connectivity index (χ1n) is 7.70. The molecule has 0 aliphatic carbocycles. The molecule has 0 saturated carbocycles. The maximum atomic E-state index is 12.3. The van der Waals surface area contributed by atoms with Gasteiger partial charge in [0.25, 0.3) is 0 Å². The fourth-order valence-corrected chi connectivity index (χ4v) is 4.06. The van der Waals surface area contributed by atoms with Crippen molar-refractivity contribution < 1.29 is 4.79 Å². The van der Waals surface area contributed by atoms with Gasteiger partial charge in [-0.2, -0.15) is 0 Å². The van der Waals surface area contributed by atoms with Gasteiger partial charge in [0.1, 0.15) is 0 Å². The van der Waals surface area contributed by atoms with Gasteiger partial charge in [0.05, 0.1) is 17.5 Å². The third kappa shape index (κ3) is 2.82. The molecule has 120 valence electrons. The predicted molar refractivity (Wildman–Crippen MR) is 103 cm³/mol. The number of rotatable bonds is 2. The maximum absolute atomic E-state index is 12.3. The largest absolute Gasteiger partial charge is 0.279 e. The van der Waals surface area contributed by atoms with Crippen molar-refractivity contribution in [2.45, 2.75) is 13.0 Å². The first-order valence-corrected chi connectivity index (χ1v) is 9.47. The number of nitrogens with zero attached hydrogens (tertiary/aromatic N) is 2. The number of aliphatic imine (C=N–C) groups is 1. The van der Waals surface area contributed by atoms with Crippen molar-refractivity contribution in [2.75, 3.05) is 5.75 Å². The lowest BCUT2D eigenvalue weighted by Crippen LogP contribution is -2.34. The lowest BCUT2D eigenvalue weighted by Gasteiger charge is -2.29. The number of hydrogen-bond acceptors (Lipinski definition) is 3. The third-order valence-electron chi connectivity index (χ3n) is 4.17. The smallest absolute Gasteiger partial charge is 0.239 e. The number of hydrogen-bond donors (Lipinski definition) is 0. The molecular weight excluding hydrogens is 384 g/mol. The van der Waals surface area contributed by atoms with Crippen LogP contribution in [0.5, 0.6) is 0 Å². The second kappa shape index (κ2) is 6.22. The molecule has 2 aliphatic heterocycles. The number of benzene rings is 2. The summed E-state index contributed by atoms with van der Waals surface area (Å²) in [6.07, 6.45) is 2.08. The van der Waals surface area contributed by atoms with E-state index in [1.54, 1.807) is 0 Å². The topological polar surface area (TPSA) is 32.7 Å². The molecule has 1 amide bonds. The molecular formula is C19H15BrN2OS. The Balaban J connectivity index is 1.80. The van der Waals surface area contributed by atoms with Crippen molar-refractivity contribution in [3.8, 4) is 0 Å². The predicted octanol–water partition coefficient (Wildman–Crippen LogP) is 4.78. The number of aryl methyl sites for hydroxylation is 1. The van der Waals surface area contributed by atoms with Crippen LogP contribution < -0.4 is 0 Å². The summed E-state index contributed by atoms with van der Waals surface area (Å²) in [6.45, 7) is 2.07. The van der Waals surface area contributed by atoms with Gasteiger partial charge in [-0.1, -0.05) is 69.7 Å². The summed E-state index contributed by atoms with van der Waals surface area (Å²) in [5.41, 5.74) is 4.32. The molecule has 0 unspecified atom stereocenters. The highest BCUT2D eigenvalue weighted by Crippen LogP contribution is 2.38. The number of fused-ring (bicyclic) bond motifs is 1. The van der Waals surface area contributed by atoms with Crippen LogP contribution in [0.15, 0.2) is 64.1 Å². The van der Waals surface area contributed by atoms with E-state index in [1.165, 1.54) is 17.3 Å². The van der Waals surface area contributed by atoms with E-state index in [1.807, 2.05) is 17.0 Å². The minimum atomic E-state index is -0.107. The SMILES string of the molecule is Cc1ccc(C2=C[C@@H](c3ccc(Br)cc3)N3C(=O)CSC3=N2)cc1. The average Bonchev–Trinajstić information content (AvgIpc) is 2.97. The van der Waals surface area contributed by atoms with Gasteiger partial charge in [-0.05, 0) is 36.3 Å². The molecule has 1 atom stereocenters. The molecule has 4 rings (SSSR count). The zero-order valence-electron chi connectivity index (χ0n) is 13.1. The summed E-state index contributed by atoms with van der Waals surface area (Å²) in [7, 11) is 0. The molecule has 0 spiro atoms. The Labute approximate surface area is 153 Å². The van der Waals surface area contributed by atoms with E-state index >= 15 is 0 Å². The molecule has 1 fully saturated rings. The van der Waals surface area contributed by atoms with Gasteiger partial charge < -0.3 is 0 Å². The Morgan fingerprint density at radius 1 is 1.12 bits per heavy atom. The molecule has 2 heterocycles. The number of thioether (sulfide) groups is 1. The number of halogens is 1. The van der Waals surface area contributed by atoms with E-state index in [-0.39, 0.29) is 11.9 Å². The van der Waals surface area contributed by atoms with Crippen LogP contribution in [-0.2, 0) is 4.79 Å². The number of carbonyl (C=O) groups excluding carboxylic acids is 1. The van der Waals surface area contributed by atoms with Gasteiger partial charge in [-0.25, -0.2) is 4.99 Å². The summed E-state index contributed by atoms with van der Waals surface area (Å²) in [5, 5.41) is 0.797. The van der Waals surface area contributed by atoms with Gasteiger partial charge in [0, 0.05) is 4.47 Å². The van der Waals surface area contributed by atoms with Crippen molar-refractivity contribution in [3.63, 3.8) is 0 Å². The molecule has 2 aromatic carbocycles. The minimum Gasteiger partial charge on any atom is -0.279 e. The molecule has 0 aromatic heterocycles. The Kier molecular flexibility index (Phi) is 4.06. The highest BCUT2D eigenvalue weighted by Gasteiger charge is 2.37. The second-order valence-corrected chi connectivity index (χ2v) is 7.72. The average molecular weight is 399 g/mol. The second-order valence-electron chi connectivity index (χ2n) is 5.86. The summed E-state index contributed by atoms with van der Waals surface area (Å²) in [5.74, 6) is 0.576. The highest BCUT2D eigenvalue weighted by molar-refractivity contribution is 9.10. The van der Waals surface area contributed by atoms with E-state index in [4.69, 9.17) is 4.99 Å². The first-order chi connectivity index (χ1) is 11.6. The van der Waals surface area contributed by atoms with Crippen molar-refractivity contribution in [3.05, 3.63) is 75.8 Å². The monoisotopic (exact) mass is 398 g/mol. The lowest BCUT2D eigenvalue weighted by molar-refractivity contribution is -0.125. The van der Waals surface area contributed by atoms with Gasteiger partial charge in [0.2, 0.25) is 5.91 Å². The quantitative estimate of drug-likeness (QED) is 0.728. The van der Waals surface area contributed by atoms with E-state index < -0.39 is 0 Å². The maximum Gasteiger partial charge on any atom is 0.239 e. The molecule has 1 saturated heterocycles. The molecule has 2 aromatic rings. The van der Waals surface area contributed by atoms with Gasteiger partial charge >= 0.3 is 0 Å². The van der Waals surface area contributed by atoms with E-state index in [9.17, 15) is 4.79 Å². The Morgan fingerprint density at radius 3 is 2.54 bits per heavy atom. The number of carbonyl (C=O) groups is 1. The molecule has 5 heteroatoms. The van der Waals surface area contributed by atoms with Crippen LogP contribution in [0.3, 0.4) is 0 Å². The van der Waals surface area contributed by atoms with Crippen LogP contribution in [-0.4, -0.2) is 21.7 Å². The molecule has 24 heavy (non-hydrogen) atoms. The van der Waals surface area contributed by atoms with Crippen LogP contribution in [0.4, 0.5) is 0 Å². The summed E-state index contributed by atoms with van der Waals surface area (Å²) in [4.78, 5) is 18.9. The van der Waals surface area contributed by atoms with Crippen LogP contribution in [0.2, 0.25) is 0 Å². The van der Waals surface area contributed by atoms with Crippen LogP contribution in [0.25, 0.3) is 5.70 Å². The van der Waals surface area contributed by atoms with Gasteiger partial charge in [-0.3, -0.25) is 9.69 Å². The van der Waals surface area contributed by atoms with E-state index in [0.29, 0.717) is 5.75 Å². The number of amides is 1. The molecule has 0 bridgehead atoms. The zero-order valence-corrected chi connectivity index (χ0v) is 15.5. The molecule has 2 aliphatic rings. The van der Waals surface area contributed by atoms with Crippen LogP contribution in [0, 0.1) is 6.92 Å². The Hall–Kier alpha value is -1.85. The van der Waals surface area contributed by atoms with Crippen LogP contribution >= 0.6 is 27.7 Å². The normalized spacial score (nSPS) is 19.8. The van der Waals surface area contributed by atoms with E-state index in [0.717, 1.165) is 26.5 Å². The highest BCUT2D eigenvalue weighted by atomic mass is 79.9. The van der Waals surface area contributed by atoms with Gasteiger partial charge in [0.15, 0.2) is 5.17 Å². The fourth-order valence-electron chi connectivity index (χ4n) is 2.89. The first kappa shape index (κ1) is 15.7. The molecule has 0 N–H and O–H groups in total. The van der Waals surface area contributed by atoms with Crippen molar-refractivity contribution in [2.24, 2.45) is 4.99 Å². The standard InChI is InChI=1S/C19H15BrN2OS/c1-12-2-4-13(5-3-12)16-10-17(14-6-8-15(20)9-7-14)22-18(23)11-24-19(22)21-16/h2-10,17H,11H2,1H3/t17-/m0/s1. The molecule has 3 nitrogen and oxygen atoms in total. The summed E-state index contributed by atoms with van der Waals surface area (Å²) in [6, 6.07) is 16.4. The van der Waals surface area contributed by atoms with Gasteiger partial charge in [-0.15, -0.1) is 0 Å². The Morgan fingerprint density at radius 2 is 1.83 bits per heavy atom. The summed E-state index contributed by atoms with van der Waals surface area (Å²) >= 11 is 4.98. The molecule has 0 radical (unpaired) electrons. The summed E-state index contributed by atoms with van der Waals surface area (Å²) < 4.78 is 1.03. The lowest BCUT2D eigenvalue weighted by atomic mass is 10.0. The van der Waals surface area contributed by atoms with Crippen LogP contribution in [0.1, 0.15) is 22.7 Å². The van der Waals surface area contributed by atoms with E-state index in [2.05, 4.69) is 65.3 Å². The Bertz CT molecular complexity index is 856. The van der Waals surface area contributed by atoms with Crippen molar-refractivity contribution >= 4 is 44.5 Å².